The van der Waals surface area contributed by atoms with Crippen LogP contribution in [0.25, 0.3) is 0 Å². The average Bonchev–Trinajstić information content (AvgIpc) is 2.49. The van der Waals surface area contributed by atoms with E-state index >= 15 is 0 Å². The molecule has 2 heteroatoms. The zero-order chi connectivity index (χ0) is 14.0. The minimum atomic E-state index is -0.365. The van der Waals surface area contributed by atoms with Gasteiger partial charge in [-0.05, 0) is 55.7 Å². The summed E-state index contributed by atoms with van der Waals surface area (Å²) in [7, 11) is 0. The largest absolute Gasteiger partial charge is 0.389 e. The van der Waals surface area contributed by atoms with Crippen LogP contribution in [-0.2, 0) is 0 Å². The van der Waals surface area contributed by atoms with Crippen LogP contribution in [0.4, 0.5) is 5.69 Å². The van der Waals surface area contributed by atoms with Crippen LogP contribution >= 0.6 is 0 Å². The Morgan fingerprint density at radius 2 is 1.55 bits per heavy atom. The van der Waals surface area contributed by atoms with Gasteiger partial charge < -0.3 is 10.0 Å². The third kappa shape index (κ3) is 2.85. The fourth-order valence-corrected chi connectivity index (χ4v) is 4.00. The molecule has 1 saturated heterocycles. The zero-order valence-corrected chi connectivity index (χ0v) is 12.6. The molecule has 0 radical (unpaired) electrons. The van der Waals surface area contributed by atoms with E-state index in [1.54, 1.807) is 0 Å². The molecule has 110 valence electrons. The molecule has 1 unspecified atom stereocenters. The lowest BCUT2D eigenvalue weighted by Gasteiger charge is -2.45. The first-order chi connectivity index (χ1) is 9.69. The second-order valence-corrected chi connectivity index (χ2v) is 6.82. The Hall–Kier alpha value is -1.02. The molecule has 0 amide bonds. The maximum absolute atomic E-state index is 9.58. The molecule has 2 aliphatic rings. The summed E-state index contributed by atoms with van der Waals surface area (Å²) in [4.78, 5) is 2.52. The van der Waals surface area contributed by atoms with Crippen molar-refractivity contribution < 1.29 is 5.11 Å². The van der Waals surface area contributed by atoms with E-state index < -0.39 is 0 Å². The first-order valence-electron chi connectivity index (χ1n) is 8.22. The Morgan fingerprint density at radius 1 is 0.950 bits per heavy atom. The van der Waals surface area contributed by atoms with Gasteiger partial charge >= 0.3 is 0 Å². The zero-order valence-electron chi connectivity index (χ0n) is 12.6. The van der Waals surface area contributed by atoms with E-state index in [9.17, 15) is 5.11 Å². The van der Waals surface area contributed by atoms with Crippen LogP contribution in [0.2, 0.25) is 0 Å². The van der Waals surface area contributed by atoms with Crippen LogP contribution in [0, 0.1) is 5.41 Å². The Morgan fingerprint density at radius 3 is 2.10 bits per heavy atom. The highest BCUT2D eigenvalue weighted by molar-refractivity contribution is 5.48. The van der Waals surface area contributed by atoms with E-state index in [0.29, 0.717) is 5.41 Å². The molecule has 1 aromatic rings. The highest BCUT2D eigenvalue weighted by Crippen LogP contribution is 2.45. The molecule has 1 atom stereocenters. The highest BCUT2D eigenvalue weighted by atomic mass is 16.3. The second kappa shape index (κ2) is 5.77. The minimum Gasteiger partial charge on any atom is -0.389 e. The lowest BCUT2D eigenvalue weighted by atomic mass is 9.68. The number of aliphatic hydroxyl groups is 1. The van der Waals surface area contributed by atoms with Crippen LogP contribution in [0.3, 0.4) is 0 Å². The van der Waals surface area contributed by atoms with E-state index in [1.807, 2.05) is 6.92 Å². The average molecular weight is 273 g/mol. The maximum Gasteiger partial charge on any atom is 0.0761 e. The fraction of sp³-hybridized carbons (Fsp3) is 0.667. The lowest BCUT2D eigenvalue weighted by Crippen LogP contribution is -2.41. The van der Waals surface area contributed by atoms with Gasteiger partial charge in [0.2, 0.25) is 0 Å². The summed E-state index contributed by atoms with van der Waals surface area (Å²) >= 11 is 0. The van der Waals surface area contributed by atoms with Crippen molar-refractivity contribution in [1.29, 1.82) is 0 Å². The van der Waals surface area contributed by atoms with Crippen molar-refractivity contribution in [3.8, 4) is 0 Å². The Bertz CT molecular complexity index is 421. The summed E-state index contributed by atoms with van der Waals surface area (Å²) in [5.74, 6) is 0. The van der Waals surface area contributed by atoms with E-state index in [-0.39, 0.29) is 6.10 Å². The van der Waals surface area contributed by atoms with Gasteiger partial charge in [0, 0.05) is 18.8 Å². The summed E-state index contributed by atoms with van der Waals surface area (Å²) in [5.41, 5.74) is 3.00. The van der Waals surface area contributed by atoms with Crippen LogP contribution in [0.1, 0.15) is 63.5 Å². The third-order valence-corrected chi connectivity index (χ3v) is 5.48. The van der Waals surface area contributed by atoms with Gasteiger partial charge in [0.05, 0.1) is 6.10 Å². The van der Waals surface area contributed by atoms with Crippen LogP contribution in [-0.4, -0.2) is 18.2 Å². The van der Waals surface area contributed by atoms with Gasteiger partial charge in [-0.1, -0.05) is 31.4 Å². The van der Waals surface area contributed by atoms with Crippen molar-refractivity contribution >= 4 is 5.69 Å². The van der Waals surface area contributed by atoms with Gasteiger partial charge in [-0.3, -0.25) is 0 Å². The molecule has 1 N–H and O–H groups in total. The van der Waals surface area contributed by atoms with Crippen LogP contribution in [0.15, 0.2) is 24.3 Å². The summed E-state index contributed by atoms with van der Waals surface area (Å²) in [6.45, 7) is 4.23. The molecule has 1 aliphatic carbocycles. The second-order valence-electron chi connectivity index (χ2n) is 6.82. The summed E-state index contributed by atoms with van der Waals surface area (Å²) in [6, 6.07) is 8.46. The third-order valence-electron chi connectivity index (χ3n) is 5.48. The van der Waals surface area contributed by atoms with Gasteiger partial charge in [0.15, 0.2) is 0 Å². The van der Waals surface area contributed by atoms with Crippen LogP contribution in [0.5, 0.6) is 0 Å². The van der Waals surface area contributed by atoms with Crippen molar-refractivity contribution in [2.24, 2.45) is 5.41 Å². The van der Waals surface area contributed by atoms with E-state index in [4.69, 9.17) is 0 Å². The molecule has 1 aliphatic heterocycles. The highest BCUT2D eigenvalue weighted by Gasteiger charge is 2.35. The Kier molecular flexibility index (Phi) is 4.02. The summed E-state index contributed by atoms with van der Waals surface area (Å²) < 4.78 is 0. The number of nitrogens with zero attached hydrogens (tertiary/aromatic N) is 1. The van der Waals surface area contributed by atoms with Crippen molar-refractivity contribution in [2.45, 2.75) is 58.0 Å². The number of benzene rings is 1. The monoisotopic (exact) mass is 273 g/mol. The predicted molar refractivity (Wildman–Crippen MR) is 84.0 cm³/mol. The smallest absolute Gasteiger partial charge is 0.0761 e. The quantitative estimate of drug-likeness (QED) is 0.869. The molecule has 1 aromatic carbocycles. The SMILES string of the molecule is CC(O)c1ccc(N2CCC3(CCCCC3)CC2)cc1. The Labute approximate surface area is 122 Å². The molecule has 0 aromatic heterocycles. The molecule has 20 heavy (non-hydrogen) atoms. The number of piperidine rings is 1. The number of rotatable bonds is 2. The number of anilines is 1. The van der Waals surface area contributed by atoms with Gasteiger partial charge in [0.1, 0.15) is 0 Å². The van der Waals surface area contributed by atoms with E-state index in [1.165, 1.54) is 63.7 Å². The van der Waals surface area contributed by atoms with E-state index in [0.717, 1.165) is 5.56 Å². The number of hydrogen-bond donors (Lipinski definition) is 1. The normalized spacial score (nSPS) is 23.8. The van der Waals surface area contributed by atoms with Crippen molar-refractivity contribution in [3.05, 3.63) is 29.8 Å². The number of aliphatic hydroxyl groups excluding tert-OH is 1. The van der Waals surface area contributed by atoms with Crippen molar-refractivity contribution in [1.82, 2.24) is 0 Å². The fourth-order valence-electron chi connectivity index (χ4n) is 4.00. The molecule has 2 nitrogen and oxygen atoms in total. The lowest BCUT2D eigenvalue weighted by molar-refractivity contribution is 0.144. The van der Waals surface area contributed by atoms with E-state index in [2.05, 4.69) is 29.2 Å². The molecule has 3 rings (SSSR count). The molecule has 2 fully saturated rings. The predicted octanol–water partition coefficient (Wildman–Crippen LogP) is 4.29. The first kappa shape index (κ1) is 13.9. The number of hydrogen-bond acceptors (Lipinski definition) is 2. The van der Waals surface area contributed by atoms with Gasteiger partial charge in [-0.15, -0.1) is 0 Å². The first-order valence-corrected chi connectivity index (χ1v) is 8.22. The molecular formula is C18H27NO. The van der Waals surface area contributed by atoms with Gasteiger partial charge in [-0.25, -0.2) is 0 Å². The molecule has 1 spiro atoms. The van der Waals surface area contributed by atoms with Gasteiger partial charge in [-0.2, -0.15) is 0 Å². The standard InChI is InChI=1S/C18H27NO/c1-15(20)16-5-7-17(8-6-16)19-13-11-18(12-14-19)9-3-2-4-10-18/h5-8,15,20H,2-4,9-14H2,1H3. The Balaban J connectivity index is 1.62. The molecule has 1 saturated carbocycles. The topological polar surface area (TPSA) is 23.5 Å². The molecular weight excluding hydrogens is 246 g/mol. The summed E-state index contributed by atoms with van der Waals surface area (Å²) in [6.07, 6.45) is 9.63. The van der Waals surface area contributed by atoms with Crippen LogP contribution < -0.4 is 4.90 Å². The summed E-state index contributed by atoms with van der Waals surface area (Å²) in [5, 5.41) is 9.58. The van der Waals surface area contributed by atoms with Gasteiger partial charge in [0.25, 0.3) is 0 Å². The van der Waals surface area contributed by atoms with Crippen molar-refractivity contribution in [2.75, 3.05) is 18.0 Å². The molecule has 1 heterocycles. The minimum absolute atomic E-state index is 0.365. The van der Waals surface area contributed by atoms with Crippen molar-refractivity contribution in [3.63, 3.8) is 0 Å². The molecule has 0 bridgehead atoms. The maximum atomic E-state index is 9.58.